The molecule has 1 saturated carbocycles. The molecule has 3 aromatic carbocycles. The molecule has 0 bridgehead atoms. The smallest absolute Gasteiger partial charge is 0.389 e. The summed E-state index contributed by atoms with van der Waals surface area (Å²) in [5, 5.41) is 25.1. The summed E-state index contributed by atoms with van der Waals surface area (Å²) >= 11 is 0. The number of carbonyl (C=O) groups excluding carboxylic acids is 1. The lowest BCUT2D eigenvalue weighted by Gasteiger charge is -2.35. The number of aliphatic hydroxyl groups is 1. The van der Waals surface area contributed by atoms with Gasteiger partial charge in [-0.05, 0) is 139 Å². The average Bonchev–Trinajstić information content (AvgIpc) is 3.93. The first kappa shape index (κ1) is 44.6. The standard InChI is InChI=1S/C51H54F2N10O6/c1-27-19-34(20-28(2)42(27)52)63-44(60-17-16-59(48(60)66)39-12-11-38-35(43(39)53)25-54-61(38)26-49(5,6)67)41-30(4)58(15-13-36(41)56-63)45(64)40-22-33-21-31(32-14-18-68-50(7,8)24-32)9-10-37(33)62(40)51(23-29(51)3)46-55-47(65)69-57-46/h9-12,16-17,19-22,25,29-30,32,67H,13-15,18,23-24,26H2,1-8H3,(H,55,57,65)/t29-,30-,32-,51-/m0/s1. The fourth-order valence-electron chi connectivity index (χ4n) is 11.2. The summed E-state index contributed by atoms with van der Waals surface area (Å²) < 4.78 is 50.6. The zero-order valence-electron chi connectivity index (χ0n) is 39.8. The van der Waals surface area contributed by atoms with Gasteiger partial charge < -0.3 is 19.3 Å². The molecule has 2 aliphatic heterocycles. The first-order valence-corrected chi connectivity index (χ1v) is 23.5. The maximum atomic E-state index is 16.5. The van der Waals surface area contributed by atoms with Crippen molar-refractivity contribution in [3.05, 3.63) is 139 Å². The maximum Gasteiger partial charge on any atom is 0.438 e. The highest BCUT2D eigenvalue weighted by atomic mass is 19.1. The monoisotopic (exact) mass is 940 g/mol. The Hall–Kier alpha value is -6.92. The Morgan fingerprint density at radius 3 is 2.38 bits per heavy atom. The van der Waals surface area contributed by atoms with E-state index in [4.69, 9.17) is 14.4 Å². The third-order valence-corrected chi connectivity index (χ3v) is 14.7. The number of halogens is 2. The van der Waals surface area contributed by atoms with Crippen molar-refractivity contribution in [2.45, 2.75) is 116 Å². The molecule has 69 heavy (non-hydrogen) atoms. The highest BCUT2D eigenvalue weighted by molar-refractivity contribution is 6.00. The van der Waals surface area contributed by atoms with Crippen molar-refractivity contribution < 1.29 is 27.9 Å². The van der Waals surface area contributed by atoms with Gasteiger partial charge in [0.2, 0.25) is 0 Å². The lowest BCUT2D eigenvalue weighted by Crippen LogP contribution is -2.41. The highest BCUT2D eigenvalue weighted by Gasteiger charge is 2.59. The van der Waals surface area contributed by atoms with E-state index >= 15 is 13.6 Å². The number of aryl methyl sites for hydroxylation is 2. The summed E-state index contributed by atoms with van der Waals surface area (Å²) in [4.78, 5) is 47.5. The number of H-pyrrole nitrogens is 1. The van der Waals surface area contributed by atoms with Crippen molar-refractivity contribution in [2.24, 2.45) is 5.92 Å². The minimum absolute atomic E-state index is 0.0134. The summed E-state index contributed by atoms with van der Waals surface area (Å²) in [6.07, 6.45) is 7.03. The SMILES string of the molecule is Cc1cc(-n2nc3c(c2-n2ccn(-c4ccc5c(cnn5CC(C)(C)O)c4F)c2=O)[C@H](C)N(C(=O)c2cc4cc([C@H]5CCOC(C)(C)C5)ccc4n2[C@@]2(c4noc(=O)[nH]4)C[C@@H]2C)CC3)cc(C)c1F. The van der Waals surface area contributed by atoms with Crippen molar-refractivity contribution in [1.29, 1.82) is 0 Å². The van der Waals surface area contributed by atoms with Crippen LogP contribution in [-0.2, 0) is 23.2 Å². The fourth-order valence-corrected chi connectivity index (χ4v) is 11.2. The van der Waals surface area contributed by atoms with E-state index in [2.05, 4.69) is 54.2 Å². The van der Waals surface area contributed by atoms with Crippen LogP contribution in [0.1, 0.15) is 117 Å². The molecule has 4 atom stereocenters. The maximum absolute atomic E-state index is 16.5. The van der Waals surface area contributed by atoms with Gasteiger partial charge in [0.25, 0.3) is 5.91 Å². The van der Waals surface area contributed by atoms with E-state index in [1.165, 1.54) is 32.3 Å². The van der Waals surface area contributed by atoms with E-state index in [0.717, 1.165) is 29.3 Å². The molecule has 1 aliphatic carbocycles. The summed E-state index contributed by atoms with van der Waals surface area (Å²) in [6, 6.07) is 14.1. The predicted molar refractivity (Wildman–Crippen MR) is 253 cm³/mol. The lowest BCUT2D eigenvalue weighted by atomic mass is 9.83. The number of aromatic nitrogens is 9. The number of aromatic amines is 1. The predicted octanol–water partition coefficient (Wildman–Crippen LogP) is 7.68. The largest absolute Gasteiger partial charge is 0.438 e. The highest BCUT2D eigenvalue weighted by Crippen LogP contribution is 2.56. The van der Waals surface area contributed by atoms with Crippen LogP contribution in [-0.4, -0.2) is 83.7 Å². The molecule has 358 valence electrons. The number of fused-ring (bicyclic) bond motifs is 3. The third-order valence-electron chi connectivity index (χ3n) is 14.7. The molecule has 16 nitrogen and oxygen atoms in total. The number of imidazole rings is 1. The van der Waals surface area contributed by atoms with Crippen LogP contribution in [0.2, 0.25) is 0 Å². The molecule has 1 amide bonds. The van der Waals surface area contributed by atoms with Crippen LogP contribution < -0.4 is 11.4 Å². The van der Waals surface area contributed by atoms with Gasteiger partial charge >= 0.3 is 11.4 Å². The number of nitrogens with one attached hydrogen (secondary N) is 1. The van der Waals surface area contributed by atoms with Crippen LogP contribution >= 0.6 is 0 Å². The Bertz CT molecular complexity index is 3500. The van der Waals surface area contributed by atoms with Crippen molar-refractivity contribution >= 4 is 27.7 Å². The van der Waals surface area contributed by atoms with E-state index < -0.39 is 34.4 Å². The molecule has 0 radical (unpaired) electrons. The summed E-state index contributed by atoms with van der Waals surface area (Å²) in [6.45, 7) is 15.8. The molecule has 7 heterocycles. The van der Waals surface area contributed by atoms with Crippen molar-refractivity contribution in [3.8, 4) is 17.2 Å². The van der Waals surface area contributed by atoms with Gasteiger partial charge in [-0.25, -0.2) is 23.1 Å². The summed E-state index contributed by atoms with van der Waals surface area (Å²) in [5.41, 5.74) is 2.45. The molecule has 2 fully saturated rings. The fraction of sp³-hybridized carbons (Fsp3) is 0.412. The van der Waals surface area contributed by atoms with E-state index in [9.17, 15) is 14.7 Å². The van der Waals surface area contributed by atoms with Crippen LogP contribution in [0.15, 0.2) is 81.2 Å². The van der Waals surface area contributed by atoms with Crippen LogP contribution in [0.5, 0.6) is 0 Å². The Morgan fingerprint density at radius 1 is 0.971 bits per heavy atom. The number of nitrogens with zero attached hydrogens (tertiary/aromatic N) is 9. The molecule has 8 aromatic rings. The van der Waals surface area contributed by atoms with Gasteiger partial charge in [-0.1, -0.05) is 18.1 Å². The van der Waals surface area contributed by atoms with Crippen LogP contribution in [0.3, 0.4) is 0 Å². The molecule has 0 spiro atoms. The van der Waals surface area contributed by atoms with E-state index in [1.807, 2.05) is 17.6 Å². The first-order valence-electron chi connectivity index (χ1n) is 23.5. The van der Waals surface area contributed by atoms with Gasteiger partial charge in [0, 0.05) is 48.4 Å². The Labute approximate surface area is 394 Å². The van der Waals surface area contributed by atoms with E-state index in [0.29, 0.717) is 70.4 Å². The molecule has 3 aliphatic rings. The Kier molecular flexibility index (Phi) is 10.0. The molecule has 5 aromatic heterocycles. The van der Waals surface area contributed by atoms with Crippen LogP contribution in [0, 0.1) is 31.4 Å². The number of amides is 1. The van der Waals surface area contributed by atoms with Crippen molar-refractivity contribution in [1.82, 2.24) is 48.3 Å². The number of hydrogen-bond donors (Lipinski definition) is 2. The van der Waals surface area contributed by atoms with Gasteiger partial charge in [-0.3, -0.25) is 28.1 Å². The van der Waals surface area contributed by atoms with Gasteiger partial charge in [-0.2, -0.15) is 10.2 Å². The molecule has 0 unspecified atom stereocenters. The van der Waals surface area contributed by atoms with E-state index in [1.54, 1.807) is 61.7 Å². The quantitative estimate of drug-likeness (QED) is 0.147. The zero-order valence-corrected chi connectivity index (χ0v) is 39.8. The third kappa shape index (κ3) is 7.12. The minimum Gasteiger partial charge on any atom is -0.389 e. The van der Waals surface area contributed by atoms with Gasteiger partial charge in [0.05, 0.1) is 58.0 Å². The minimum atomic E-state index is -1.11. The lowest BCUT2D eigenvalue weighted by molar-refractivity contribution is -0.0592. The second kappa shape index (κ2) is 15.5. The molecule has 2 N–H and O–H groups in total. The molecule has 11 rings (SSSR count). The topological polar surface area (TPSA) is 176 Å². The zero-order chi connectivity index (χ0) is 48.6. The summed E-state index contributed by atoms with van der Waals surface area (Å²) in [7, 11) is 0. The van der Waals surface area contributed by atoms with Crippen LogP contribution in [0.25, 0.3) is 39.0 Å². The van der Waals surface area contributed by atoms with E-state index in [-0.39, 0.29) is 53.3 Å². The molecular formula is C51H54F2N10O6. The Morgan fingerprint density at radius 2 is 1.70 bits per heavy atom. The van der Waals surface area contributed by atoms with Crippen LogP contribution in [0.4, 0.5) is 8.78 Å². The normalized spacial score (nSPS) is 21.4. The number of rotatable bonds is 9. The number of ether oxygens (including phenoxy) is 1. The molecule has 1 saturated heterocycles. The van der Waals surface area contributed by atoms with Crippen molar-refractivity contribution in [2.75, 3.05) is 13.2 Å². The average molecular weight is 941 g/mol. The first-order chi connectivity index (χ1) is 32.7. The Balaban J connectivity index is 1.04. The van der Waals surface area contributed by atoms with Gasteiger partial charge in [-0.15, -0.1) is 0 Å². The molecular weight excluding hydrogens is 887 g/mol. The number of hydrogen-bond acceptors (Lipinski definition) is 9. The van der Waals surface area contributed by atoms with Gasteiger partial charge in [0.1, 0.15) is 22.9 Å². The molecule has 18 heteroatoms. The summed E-state index contributed by atoms with van der Waals surface area (Å²) in [5.74, 6) is -1.09. The van der Waals surface area contributed by atoms with Crippen molar-refractivity contribution in [3.63, 3.8) is 0 Å². The number of benzene rings is 3. The van der Waals surface area contributed by atoms with Gasteiger partial charge in [0.15, 0.2) is 11.6 Å². The number of carbonyl (C=O) groups is 1. The second-order valence-corrected chi connectivity index (χ2v) is 20.6. The second-order valence-electron chi connectivity index (χ2n) is 20.6.